The van der Waals surface area contributed by atoms with Gasteiger partial charge in [-0.3, -0.25) is 9.69 Å². The lowest BCUT2D eigenvalue weighted by atomic mass is 9.97. The molecule has 4 nitrogen and oxygen atoms in total. The van der Waals surface area contributed by atoms with Crippen LogP contribution in [0.15, 0.2) is 0 Å². The Bertz CT molecular complexity index is 236. The van der Waals surface area contributed by atoms with E-state index in [4.69, 9.17) is 4.74 Å². The largest absolute Gasteiger partial charge is 0.480 e. The summed E-state index contributed by atoms with van der Waals surface area (Å²) in [6.45, 7) is 2.57. The number of nitrogens with zero attached hydrogens (tertiary/aromatic N) is 1. The van der Waals surface area contributed by atoms with Crippen LogP contribution in [0.4, 0.5) is 0 Å². The molecule has 0 radical (unpaired) electrons. The zero-order valence-electron chi connectivity index (χ0n) is 9.73. The summed E-state index contributed by atoms with van der Waals surface area (Å²) in [4.78, 5) is 13.4. The molecule has 2 rings (SSSR count). The van der Waals surface area contributed by atoms with Gasteiger partial charge in [-0.1, -0.05) is 6.42 Å². The molecule has 4 heteroatoms. The average molecular weight is 227 g/mol. The van der Waals surface area contributed by atoms with Gasteiger partial charge < -0.3 is 9.84 Å². The van der Waals surface area contributed by atoms with Gasteiger partial charge in [0.15, 0.2) is 0 Å². The molecule has 2 aliphatic rings. The number of rotatable bonds is 2. The van der Waals surface area contributed by atoms with Crippen molar-refractivity contribution in [3.05, 3.63) is 0 Å². The van der Waals surface area contributed by atoms with Crippen LogP contribution in [-0.2, 0) is 9.53 Å². The highest BCUT2D eigenvalue weighted by Gasteiger charge is 2.33. The van der Waals surface area contributed by atoms with Crippen LogP contribution >= 0.6 is 0 Å². The smallest absolute Gasteiger partial charge is 0.320 e. The van der Waals surface area contributed by atoms with Crippen molar-refractivity contribution >= 4 is 5.97 Å². The van der Waals surface area contributed by atoms with Crippen molar-refractivity contribution in [2.24, 2.45) is 0 Å². The van der Waals surface area contributed by atoms with E-state index in [0.717, 1.165) is 58.3 Å². The molecule has 0 aromatic heterocycles. The predicted molar refractivity (Wildman–Crippen MR) is 60.4 cm³/mol. The molecule has 0 spiro atoms. The number of hydrogen-bond donors (Lipinski definition) is 1. The number of piperidine rings is 1. The quantitative estimate of drug-likeness (QED) is 0.776. The maximum absolute atomic E-state index is 11.2. The minimum absolute atomic E-state index is 0.253. The van der Waals surface area contributed by atoms with E-state index in [0.29, 0.717) is 6.04 Å². The molecule has 2 heterocycles. The minimum Gasteiger partial charge on any atom is -0.480 e. The fourth-order valence-corrected chi connectivity index (χ4v) is 2.87. The van der Waals surface area contributed by atoms with E-state index in [2.05, 4.69) is 4.90 Å². The standard InChI is InChI=1S/C12H21NO3/c14-12(15)11-5-1-2-7-13(11)10-4-3-8-16-9-6-10/h10-11H,1-9H2,(H,14,15). The van der Waals surface area contributed by atoms with Crippen LogP contribution in [0.25, 0.3) is 0 Å². The van der Waals surface area contributed by atoms with E-state index in [1.54, 1.807) is 0 Å². The lowest BCUT2D eigenvalue weighted by Gasteiger charge is -2.38. The Kier molecular flexibility index (Phi) is 4.18. The van der Waals surface area contributed by atoms with E-state index in [1.165, 1.54) is 0 Å². The Morgan fingerprint density at radius 2 is 2.00 bits per heavy atom. The molecule has 16 heavy (non-hydrogen) atoms. The molecule has 2 aliphatic heterocycles. The van der Waals surface area contributed by atoms with Gasteiger partial charge in [0.25, 0.3) is 0 Å². The zero-order chi connectivity index (χ0) is 11.4. The first-order valence-corrected chi connectivity index (χ1v) is 6.35. The second kappa shape index (κ2) is 5.64. The van der Waals surface area contributed by atoms with Crippen LogP contribution in [0.3, 0.4) is 0 Å². The molecule has 0 bridgehead atoms. The highest BCUT2D eigenvalue weighted by molar-refractivity contribution is 5.73. The average Bonchev–Trinajstić information content (AvgIpc) is 2.57. The van der Waals surface area contributed by atoms with Gasteiger partial charge in [0.1, 0.15) is 6.04 Å². The Morgan fingerprint density at radius 1 is 1.12 bits per heavy atom. The van der Waals surface area contributed by atoms with Crippen molar-refractivity contribution in [3.63, 3.8) is 0 Å². The second-order valence-electron chi connectivity index (χ2n) is 4.78. The van der Waals surface area contributed by atoms with E-state index in [1.807, 2.05) is 0 Å². The first-order chi connectivity index (χ1) is 7.79. The topological polar surface area (TPSA) is 49.8 Å². The van der Waals surface area contributed by atoms with Crippen molar-refractivity contribution < 1.29 is 14.6 Å². The molecule has 2 saturated heterocycles. The monoisotopic (exact) mass is 227 g/mol. The number of ether oxygens (including phenoxy) is 1. The molecule has 0 aromatic rings. The Morgan fingerprint density at radius 3 is 2.81 bits per heavy atom. The number of carbonyl (C=O) groups is 1. The summed E-state index contributed by atoms with van der Waals surface area (Å²) < 4.78 is 5.44. The lowest BCUT2D eigenvalue weighted by molar-refractivity contribution is -0.146. The maximum atomic E-state index is 11.2. The van der Waals surface area contributed by atoms with E-state index < -0.39 is 5.97 Å². The number of carboxylic acids is 1. The zero-order valence-corrected chi connectivity index (χ0v) is 9.73. The fraction of sp³-hybridized carbons (Fsp3) is 0.917. The summed E-state index contributed by atoms with van der Waals surface area (Å²) in [5.74, 6) is -0.648. The molecule has 2 fully saturated rings. The second-order valence-corrected chi connectivity index (χ2v) is 4.78. The summed E-state index contributed by atoms with van der Waals surface area (Å²) in [6.07, 6.45) is 6.14. The van der Waals surface area contributed by atoms with Crippen LogP contribution in [0.2, 0.25) is 0 Å². The predicted octanol–water partition coefficient (Wildman–Crippen LogP) is 1.49. The van der Waals surface area contributed by atoms with Gasteiger partial charge in [-0.05, 0) is 38.6 Å². The third kappa shape index (κ3) is 2.74. The molecular formula is C12H21NO3. The van der Waals surface area contributed by atoms with Crippen molar-refractivity contribution in [1.82, 2.24) is 4.90 Å². The molecular weight excluding hydrogens is 206 g/mol. The number of likely N-dealkylation sites (tertiary alicyclic amines) is 1. The molecule has 2 atom stereocenters. The summed E-state index contributed by atoms with van der Waals surface area (Å²) in [7, 11) is 0. The van der Waals surface area contributed by atoms with E-state index in [-0.39, 0.29) is 6.04 Å². The van der Waals surface area contributed by atoms with Crippen molar-refractivity contribution in [2.75, 3.05) is 19.8 Å². The summed E-state index contributed by atoms with van der Waals surface area (Å²) >= 11 is 0. The Labute approximate surface area is 96.6 Å². The Balaban J connectivity index is 2.00. The molecule has 0 aliphatic carbocycles. The van der Waals surface area contributed by atoms with E-state index in [9.17, 15) is 9.90 Å². The van der Waals surface area contributed by atoms with Crippen LogP contribution in [0, 0.1) is 0 Å². The molecule has 0 saturated carbocycles. The van der Waals surface area contributed by atoms with Gasteiger partial charge in [0.2, 0.25) is 0 Å². The maximum Gasteiger partial charge on any atom is 0.320 e. The van der Waals surface area contributed by atoms with Gasteiger partial charge in [-0.15, -0.1) is 0 Å². The van der Waals surface area contributed by atoms with Crippen molar-refractivity contribution in [3.8, 4) is 0 Å². The van der Waals surface area contributed by atoms with E-state index >= 15 is 0 Å². The summed E-state index contributed by atoms with van der Waals surface area (Å²) in [5.41, 5.74) is 0. The van der Waals surface area contributed by atoms with Crippen molar-refractivity contribution in [1.29, 1.82) is 0 Å². The highest BCUT2D eigenvalue weighted by Crippen LogP contribution is 2.24. The molecule has 92 valence electrons. The van der Waals surface area contributed by atoms with Gasteiger partial charge >= 0.3 is 5.97 Å². The Hall–Kier alpha value is -0.610. The summed E-state index contributed by atoms with van der Waals surface area (Å²) in [5, 5.41) is 9.24. The molecule has 0 amide bonds. The van der Waals surface area contributed by atoms with Gasteiger partial charge in [-0.25, -0.2) is 0 Å². The number of carboxylic acid groups (broad SMARTS) is 1. The van der Waals surface area contributed by atoms with Crippen LogP contribution < -0.4 is 0 Å². The number of hydrogen-bond acceptors (Lipinski definition) is 3. The SMILES string of the molecule is O=C(O)C1CCCCN1C1CCCOCC1. The fourth-order valence-electron chi connectivity index (χ4n) is 2.87. The first kappa shape index (κ1) is 11.9. The van der Waals surface area contributed by atoms with Gasteiger partial charge in [-0.2, -0.15) is 0 Å². The summed E-state index contributed by atoms with van der Waals surface area (Å²) in [6, 6.07) is 0.167. The van der Waals surface area contributed by atoms with Crippen molar-refractivity contribution in [2.45, 2.75) is 50.6 Å². The van der Waals surface area contributed by atoms with Gasteiger partial charge in [0, 0.05) is 19.3 Å². The minimum atomic E-state index is -0.648. The third-order valence-corrected chi connectivity index (χ3v) is 3.72. The lowest BCUT2D eigenvalue weighted by Crippen LogP contribution is -2.50. The van der Waals surface area contributed by atoms with Gasteiger partial charge in [0.05, 0.1) is 0 Å². The van der Waals surface area contributed by atoms with Crippen LogP contribution in [-0.4, -0.2) is 47.8 Å². The first-order valence-electron chi connectivity index (χ1n) is 6.35. The normalized spacial score (nSPS) is 33.2. The molecule has 2 unspecified atom stereocenters. The van der Waals surface area contributed by atoms with Crippen LogP contribution in [0.5, 0.6) is 0 Å². The molecule has 1 N–H and O–H groups in total. The number of aliphatic carboxylic acids is 1. The molecule has 0 aromatic carbocycles. The van der Waals surface area contributed by atoms with Crippen LogP contribution in [0.1, 0.15) is 38.5 Å². The third-order valence-electron chi connectivity index (χ3n) is 3.72. The highest BCUT2D eigenvalue weighted by atomic mass is 16.5.